The fourth-order valence-electron chi connectivity index (χ4n) is 1.81. The smallest absolute Gasteiger partial charge is 0.137 e. The van der Waals surface area contributed by atoms with E-state index in [0.29, 0.717) is 0 Å². The lowest BCUT2D eigenvalue weighted by atomic mass is 10.1. The zero-order chi connectivity index (χ0) is 13.4. The van der Waals surface area contributed by atoms with Crippen LogP contribution in [0, 0.1) is 5.82 Å². The van der Waals surface area contributed by atoms with E-state index >= 15 is 0 Å². The Hall–Kier alpha value is -0.540. The van der Waals surface area contributed by atoms with Crippen molar-refractivity contribution in [1.82, 2.24) is 5.32 Å². The molecule has 0 aliphatic heterocycles. The first kappa shape index (κ1) is 15.5. The van der Waals surface area contributed by atoms with Crippen LogP contribution >= 0.6 is 11.8 Å². The van der Waals surface area contributed by atoms with E-state index in [1.54, 1.807) is 23.9 Å². The summed E-state index contributed by atoms with van der Waals surface area (Å²) >= 11 is 1.65. The van der Waals surface area contributed by atoms with E-state index in [1.165, 1.54) is 0 Å². The van der Waals surface area contributed by atoms with E-state index in [4.69, 9.17) is 0 Å². The summed E-state index contributed by atoms with van der Waals surface area (Å²) in [5.74, 6) is 0.907. The van der Waals surface area contributed by atoms with Crippen molar-refractivity contribution in [3.8, 4) is 0 Å². The van der Waals surface area contributed by atoms with Crippen molar-refractivity contribution in [2.45, 2.75) is 51.0 Å². The maximum atomic E-state index is 13.9. The largest absolute Gasteiger partial charge is 0.310 e. The molecule has 1 rings (SSSR count). The van der Waals surface area contributed by atoms with E-state index in [9.17, 15) is 4.39 Å². The molecule has 1 unspecified atom stereocenters. The van der Waals surface area contributed by atoms with E-state index in [1.807, 2.05) is 6.07 Å². The van der Waals surface area contributed by atoms with Crippen molar-refractivity contribution >= 4 is 11.8 Å². The minimum atomic E-state index is -0.0845. The number of rotatable bonds is 8. The molecule has 102 valence electrons. The molecule has 1 nitrogen and oxygen atoms in total. The second-order valence-electron chi connectivity index (χ2n) is 4.54. The van der Waals surface area contributed by atoms with Crippen LogP contribution in [-0.2, 0) is 0 Å². The second kappa shape index (κ2) is 8.54. The van der Waals surface area contributed by atoms with Crippen LogP contribution in [0.4, 0.5) is 4.39 Å². The van der Waals surface area contributed by atoms with E-state index in [2.05, 4.69) is 26.1 Å². The number of nitrogens with one attached hydrogen (secondary N) is 1. The molecule has 0 saturated carbocycles. The molecule has 1 aromatic carbocycles. The Kier molecular flexibility index (Phi) is 7.36. The lowest BCUT2D eigenvalue weighted by Gasteiger charge is -2.18. The molecule has 0 aliphatic rings. The van der Waals surface area contributed by atoms with Gasteiger partial charge in [-0.05, 0) is 43.7 Å². The highest BCUT2D eigenvalue weighted by atomic mass is 32.2. The van der Waals surface area contributed by atoms with E-state index in [-0.39, 0.29) is 11.9 Å². The maximum absolute atomic E-state index is 13.9. The normalized spacial score (nSPS) is 12.7. The maximum Gasteiger partial charge on any atom is 0.137 e. The Morgan fingerprint density at radius 2 is 2.06 bits per heavy atom. The molecular formula is C15H24FNS. The highest BCUT2D eigenvalue weighted by Gasteiger charge is 2.13. The average molecular weight is 269 g/mol. The minimum Gasteiger partial charge on any atom is -0.310 e. The standard InChI is InChI=1S/C15H24FNS/c1-4-6-11-18-15-13(8-7-9-14(15)16)12(3)17-10-5-2/h7-9,12,17H,4-6,10-11H2,1-3H3. The average Bonchev–Trinajstić information content (AvgIpc) is 2.38. The summed E-state index contributed by atoms with van der Waals surface area (Å²) < 4.78 is 13.9. The summed E-state index contributed by atoms with van der Waals surface area (Å²) in [5, 5.41) is 3.43. The first-order valence-corrected chi connectivity index (χ1v) is 7.83. The van der Waals surface area contributed by atoms with Crippen LogP contribution < -0.4 is 5.32 Å². The van der Waals surface area contributed by atoms with Gasteiger partial charge in [0.25, 0.3) is 0 Å². The fourth-order valence-corrected chi connectivity index (χ4v) is 3.06. The number of hydrogen-bond acceptors (Lipinski definition) is 2. The summed E-state index contributed by atoms with van der Waals surface area (Å²) in [6.45, 7) is 7.38. The van der Waals surface area contributed by atoms with Gasteiger partial charge in [0.1, 0.15) is 5.82 Å². The topological polar surface area (TPSA) is 12.0 Å². The number of hydrogen-bond donors (Lipinski definition) is 1. The van der Waals surface area contributed by atoms with E-state index in [0.717, 1.165) is 42.0 Å². The van der Waals surface area contributed by atoms with Crippen LogP contribution in [0.5, 0.6) is 0 Å². The molecule has 0 amide bonds. The van der Waals surface area contributed by atoms with E-state index < -0.39 is 0 Å². The Bertz CT molecular complexity index is 354. The van der Waals surface area contributed by atoms with Gasteiger partial charge in [0, 0.05) is 10.9 Å². The monoisotopic (exact) mass is 269 g/mol. The molecule has 0 aliphatic carbocycles. The molecule has 18 heavy (non-hydrogen) atoms. The number of unbranched alkanes of at least 4 members (excludes halogenated alkanes) is 1. The van der Waals surface area contributed by atoms with Crippen molar-refractivity contribution in [3.05, 3.63) is 29.6 Å². The molecule has 1 N–H and O–H groups in total. The third kappa shape index (κ3) is 4.62. The summed E-state index contributed by atoms with van der Waals surface area (Å²) in [6.07, 6.45) is 3.38. The van der Waals surface area contributed by atoms with Crippen LogP contribution in [0.25, 0.3) is 0 Å². The summed E-state index contributed by atoms with van der Waals surface area (Å²) in [7, 11) is 0. The van der Waals surface area contributed by atoms with Gasteiger partial charge in [0.2, 0.25) is 0 Å². The van der Waals surface area contributed by atoms with Crippen molar-refractivity contribution in [1.29, 1.82) is 0 Å². The first-order chi connectivity index (χ1) is 8.70. The molecule has 0 aromatic heterocycles. The lowest BCUT2D eigenvalue weighted by molar-refractivity contribution is 0.543. The van der Waals surface area contributed by atoms with Crippen molar-refractivity contribution in [2.75, 3.05) is 12.3 Å². The van der Waals surface area contributed by atoms with Crippen molar-refractivity contribution < 1.29 is 4.39 Å². The van der Waals surface area contributed by atoms with Crippen LogP contribution in [0.2, 0.25) is 0 Å². The highest BCUT2D eigenvalue weighted by Crippen LogP contribution is 2.30. The Morgan fingerprint density at radius 1 is 1.28 bits per heavy atom. The highest BCUT2D eigenvalue weighted by molar-refractivity contribution is 7.99. The Morgan fingerprint density at radius 3 is 2.72 bits per heavy atom. The van der Waals surface area contributed by atoms with Gasteiger partial charge >= 0.3 is 0 Å². The SMILES string of the molecule is CCCCSc1c(F)cccc1C(C)NCCC. The van der Waals surface area contributed by atoms with Gasteiger partial charge < -0.3 is 5.32 Å². The van der Waals surface area contributed by atoms with Gasteiger partial charge in [0.15, 0.2) is 0 Å². The quantitative estimate of drug-likeness (QED) is 0.538. The molecule has 0 saturated heterocycles. The zero-order valence-electron chi connectivity index (χ0n) is 11.6. The van der Waals surface area contributed by atoms with Crippen molar-refractivity contribution in [3.63, 3.8) is 0 Å². The molecule has 0 spiro atoms. The molecule has 0 fully saturated rings. The summed E-state index contributed by atoms with van der Waals surface area (Å²) in [5.41, 5.74) is 1.09. The predicted molar refractivity (Wildman–Crippen MR) is 78.7 cm³/mol. The third-order valence-corrected chi connectivity index (χ3v) is 4.12. The van der Waals surface area contributed by atoms with Gasteiger partial charge in [-0.1, -0.05) is 32.4 Å². The van der Waals surface area contributed by atoms with Crippen LogP contribution in [0.3, 0.4) is 0 Å². The van der Waals surface area contributed by atoms with Gasteiger partial charge in [-0.3, -0.25) is 0 Å². The molecule has 0 heterocycles. The van der Waals surface area contributed by atoms with Gasteiger partial charge in [-0.2, -0.15) is 0 Å². The van der Waals surface area contributed by atoms with Crippen molar-refractivity contribution in [2.24, 2.45) is 0 Å². The van der Waals surface area contributed by atoms with Gasteiger partial charge in [-0.25, -0.2) is 4.39 Å². The number of halogens is 1. The van der Waals surface area contributed by atoms with Gasteiger partial charge in [0.05, 0.1) is 0 Å². The minimum absolute atomic E-state index is 0.0845. The molecular weight excluding hydrogens is 245 g/mol. The number of benzene rings is 1. The number of thioether (sulfide) groups is 1. The zero-order valence-corrected chi connectivity index (χ0v) is 12.4. The second-order valence-corrected chi connectivity index (χ2v) is 5.64. The molecule has 0 bridgehead atoms. The summed E-state index contributed by atoms with van der Waals surface area (Å²) in [6, 6.07) is 5.61. The third-order valence-electron chi connectivity index (χ3n) is 2.91. The summed E-state index contributed by atoms with van der Waals surface area (Å²) in [4.78, 5) is 0.821. The molecule has 1 aromatic rings. The van der Waals surface area contributed by atoms with Gasteiger partial charge in [-0.15, -0.1) is 11.8 Å². The Balaban J connectivity index is 2.78. The van der Waals surface area contributed by atoms with Crippen LogP contribution in [-0.4, -0.2) is 12.3 Å². The fraction of sp³-hybridized carbons (Fsp3) is 0.600. The molecule has 1 atom stereocenters. The predicted octanol–water partition coefficient (Wildman–Crippen LogP) is 4.78. The first-order valence-electron chi connectivity index (χ1n) is 6.85. The lowest BCUT2D eigenvalue weighted by Crippen LogP contribution is -2.20. The molecule has 0 radical (unpaired) electrons. The molecule has 3 heteroatoms. The van der Waals surface area contributed by atoms with Crippen LogP contribution in [0.15, 0.2) is 23.1 Å². The Labute approximate surface area is 115 Å². The van der Waals surface area contributed by atoms with Crippen LogP contribution in [0.1, 0.15) is 51.6 Å².